The molecule has 3 rings (SSSR count). The second kappa shape index (κ2) is 5.94. The Morgan fingerprint density at radius 1 is 1.18 bits per heavy atom. The van der Waals surface area contributed by atoms with Crippen molar-refractivity contribution in [3.8, 4) is 11.5 Å². The molecule has 2 aromatic rings. The normalized spacial score (nSPS) is 15.3. The van der Waals surface area contributed by atoms with Gasteiger partial charge in [0.2, 0.25) is 0 Å². The Balaban J connectivity index is 2.01. The molecule has 0 spiro atoms. The van der Waals surface area contributed by atoms with E-state index in [-0.39, 0.29) is 11.4 Å². The SMILES string of the molecule is NCC(c1cccnc1)S(=O)(=O)c1ccc2c(c1)OCCO2. The summed E-state index contributed by atoms with van der Waals surface area (Å²) in [4.78, 5) is 4.13. The highest BCUT2D eigenvalue weighted by atomic mass is 32.2. The molecule has 0 radical (unpaired) electrons. The van der Waals surface area contributed by atoms with Crippen LogP contribution in [0.2, 0.25) is 0 Å². The standard InChI is InChI=1S/C15H16N2O4S/c16-9-15(11-2-1-5-17-10-11)22(18,19)12-3-4-13-14(8-12)21-7-6-20-13/h1-5,8,10,15H,6-7,9,16H2. The van der Waals surface area contributed by atoms with E-state index in [2.05, 4.69) is 4.98 Å². The Morgan fingerprint density at radius 2 is 1.95 bits per heavy atom. The topological polar surface area (TPSA) is 91.5 Å². The number of pyridine rings is 1. The zero-order valence-corrected chi connectivity index (χ0v) is 12.6. The fourth-order valence-electron chi connectivity index (χ4n) is 2.37. The highest BCUT2D eigenvalue weighted by molar-refractivity contribution is 7.91. The summed E-state index contributed by atoms with van der Waals surface area (Å²) in [5.74, 6) is 0.991. The number of nitrogens with two attached hydrogens (primary N) is 1. The molecule has 0 bridgehead atoms. The lowest BCUT2D eigenvalue weighted by Gasteiger charge is -2.20. The van der Waals surface area contributed by atoms with Crippen molar-refractivity contribution < 1.29 is 17.9 Å². The number of hydrogen-bond acceptors (Lipinski definition) is 6. The maximum atomic E-state index is 12.8. The van der Waals surface area contributed by atoms with Crippen molar-refractivity contribution in [1.82, 2.24) is 4.98 Å². The number of rotatable bonds is 4. The largest absolute Gasteiger partial charge is 0.486 e. The predicted octanol–water partition coefficient (Wildman–Crippen LogP) is 1.33. The van der Waals surface area contributed by atoms with Crippen LogP contribution < -0.4 is 15.2 Å². The first kappa shape index (κ1) is 14.8. The first-order chi connectivity index (χ1) is 10.6. The van der Waals surface area contributed by atoms with E-state index in [1.54, 1.807) is 24.4 Å². The second-order valence-corrected chi connectivity index (χ2v) is 6.99. The summed E-state index contributed by atoms with van der Waals surface area (Å²) < 4.78 is 36.5. The molecule has 0 saturated heterocycles. The van der Waals surface area contributed by atoms with Crippen LogP contribution in [0.25, 0.3) is 0 Å². The molecule has 0 fully saturated rings. The molecule has 1 unspecified atom stereocenters. The highest BCUT2D eigenvalue weighted by Gasteiger charge is 2.29. The van der Waals surface area contributed by atoms with Gasteiger partial charge in [-0.15, -0.1) is 0 Å². The van der Waals surface area contributed by atoms with Gasteiger partial charge in [-0.05, 0) is 23.8 Å². The molecule has 1 atom stereocenters. The molecular weight excluding hydrogens is 304 g/mol. The molecule has 1 aliphatic rings. The number of hydrogen-bond donors (Lipinski definition) is 1. The molecule has 2 heterocycles. The molecule has 22 heavy (non-hydrogen) atoms. The average Bonchev–Trinajstić information content (AvgIpc) is 2.56. The predicted molar refractivity (Wildman–Crippen MR) is 80.7 cm³/mol. The minimum absolute atomic E-state index is 0.0253. The van der Waals surface area contributed by atoms with Crippen LogP contribution in [-0.2, 0) is 9.84 Å². The van der Waals surface area contributed by atoms with Gasteiger partial charge in [0, 0.05) is 25.0 Å². The molecule has 116 valence electrons. The first-order valence-electron chi connectivity index (χ1n) is 6.86. The fourth-order valence-corrected chi connectivity index (χ4v) is 3.98. The van der Waals surface area contributed by atoms with Crippen LogP contribution in [0.5, 0.6) is 11.5 Å². The summed E-state index contributed by atoms with van der Waals surface area (Å²) in [6, 6.07) is 8.01. The van der Waals surface area contributed by atoms with Crippen LogP contribution >= 0.6 is 0 Å². The number of nitrogens with zero attached hydrogens (tertiary/aromatic N) is 1. The van der Waals surface area contributed by atoms with Crippen LogP contribution in [0, 0.1) is 0 Å². The van der Waals surface area contributed by atoms with Gasteiger partial charge in [-0.3, -0.25) is 4.98 Å². The molecule has 1 aromatic carbocycles. The minimum atomic E-state index is -3.64. The van der Waals surface area contributed by atoms with Gasteiger partial charge in [0.1, 0.15) is 18.5 Å². The summed E-state index contributed by atoms with van der Waals surface area (Å²) in [5.41, 5.74) is 6.27. The zero-order chi connectivity index (χ0) is 15.6. The van der Waals surface area contributed by atoms with Gasteiger partial charge in [-0.2, -0.15) is 0 Å². The van der Waals surface area contributed by atoms with Crippen LogP contribution in [0.3, 0.4) is 0 Å². The van der Waals surface area contributed by atoms with E-state index in [1.807, 2.05) is 0 Å². The Kier molecular flexibility index (Phi) is 4.00. The third kappa shape index (κ3) is 2.65. The smallest absolute Gasteiger partial charge is 0.186 e. The quantitative estimate of drug-likeness (QED) is 0.913. The van der Waals surface area contributed by atoms with E-state index in [9.17, 15) is 8.42 Å². The van der Waals surface area contributed by atoms with Crippen LogP contribution in [-0.4, -0.2) is 33.2 Å². The molecule has 1 aliphatic heterocycles. The minimum Gasteiger partial charge on any atom is -0.486 e. The van der Waals surface area contributed by atoms with Gasteiger partial charge in [-0.25, -0.2) is 8.42 Å². The van der Waals surface area contributed by atoms with Crippen LogP contribution in [0.4, 0.5) is 0 Å². The molecule has 1 aromatic heterocycles. The van der Waals surface area contributed by atoms with Crippen molar-refractivity contribution in [3.63, 3.8) is 0 Å². The Labute approximate surface area is 128 Å². The van der Waals surface area contributed by atoms with Gasteiger partial charge in [0.25, 0.3) is 0 Å². The van der Waals surface area contributed by atoms with Gasteiger partial charge in [0.05, 0.1) is 4.90 Å². The van der Waals surface area contributed by atoms with E-state index in [0.717, 1.165) is 0 Å². The lowest BCUT2D eigenvalue weighted by Crippen LogP contribution is -2.23. The Bertz CT molecular complexity index is 762. The number of sulfone groups is 1. The lowest BCUT2D eigenvalue weighted by molar-refractivity contribution is 0.171. The number of ether oxygens (including phenoxy) is 2. The third-order valence-corrected chi connectivity index (χ3v) is 5.61. The third-order valence-electron chi connectivity index (χ3n) is 3.49. The van der Waals surface area contributed by atoms with E-state index in [4.69, 9.17) is 15.2 Å². The van der Waals surface area contributed by atoms with E-state index in [0.29, 0.717) is 30.3 Å². The van der Waals surface area contributed by atoms with Crippen molar-refractivity contribution in [1.29, 1.82) is 0 Å². The Hall–Kier alpha value is -2.12. The molecule has 0 saturated carbocycles. The molecular formula is C15H16N2O4S. The molecule has 0 aliphatic carbocycles. The fraction of sp³-hybridized carbons (Fsp3) is 0.267. The van der Waals surface area contributed by atoms with Crippen LogP contribution in [0.1, 0.15) is 10.8 Å². The maximum absolute atomic E-state index is 12.8. The number of benzene rings is 1. The zero-order valence-electron chi connectivity index (χ0n) is 11.8. The summed E-state index contributed by atoms with van der Waals surface area (Å²) in [5, 5.41) is -0.844. The van der Waals surface area contributed by atoms with Crippen molar-refractivity contribution in [3.05, 3.63) is 48.3 Å². The first-order valence-corrected chi connectivity index (χ1v) is 8.41. The summed E-state index contributed by atoms with van der Waals surface area (Å²) >= 11 is 0. The highest BCUT2D eigenvalue weighted by Crippen LogP contribution is 2.35. The molecule has 2 N–H and O–H groups in total. The summed E-state index contributed by atoms with van der Waals surface area (Å²) in [6.45, 7) is 0.835. The lowest BCUT2D eigenvalue weighted by atomic mass is 10.2. The van der Waals surface area contributed by atoms with Crippen molar-refractivity contribution in [2.75, 3.05) is 19.8 Å². The molecule has 0 amide bonds. The van der Waals surface area contributed by atoms with E-state index < -0.39 is 15.1 Å². The second-order valence-electron chi connectivity index (χ2n) is 4.86. The van der Waals surface area contributed by atoms with E-state index in [1.165, 1.54) is 18.3 Å². The molecule has 7 heteroatoms. The average molecular weight is 320 g/mol. The maximum Gasteiger partial charge on any atom is 0.186 e. The van der Waals surface area contributed by atoms with Crippen molar-refractivity contribution >= 4 is 9.84 Å². The summed E-state index contributed by atoms with van der Waals surface area (Å²) in [7, 11) is -3.64. The van der Waals surface area contributed by atoms with E-state index >= 15 is 0 Å². The number of aromatic nitrogens is 1. The van der Waals surface area contributed by atoms with Gasteiger partial charge in [-0.1, -0.05) is 6.07 Å². The van der Waals surface area contributed by atoms with Gasteiger partial charge >= 0.3 is 0 Å². The molecule has 6 nitrogen and oxygen atoms in total. The van der Waals surface area contributed by atoms with Crippen molar-refractivity contribution in [2.45, 2.75) is 10.1 Å². The van der Waals surface area contributed by atoms with Gasteiger partial charge < -0.3 is 15.2 Å². The summed E-state index contributed by atoms with van der Waals surface area (Å²) in [6.07, 6.45) is 3.11. The Morgan fingerprint density at radius 3 is 2.64 bits per heavy atom. The monoisotopic (exact) mass is 320 g/mol. The van der Waals surface area contributed by atoms with Crippen molar-refractivity contribution in [2.24, 2.45) is 5.73 Å². The number of fused-ring (bicyclic) bond motifs is 1. The van der Waals surface area contributed by atoms with Gasteiger partial charge in [0.15, 0.2) is 21.3 Å². The van der Waals surface area contributed by atoms with Crippen LogP contribution in [0.15, 0.2) is 47.6 Å².